The smallest absolute Gasteiger partial charge is 0.336 e. The van der Waals surface area contributed by atoms with Crippen molar-refractivity contribution in [2.45, 2.75) is 12.8 Å². The van der Waals surface area contributed by atoms with E-state index in [0.29, 0.717) is 28.9 Å². The van der Waals surface area contributed by atoms with Gasteiger partial charge in [-0.05, 0) is 37.6 Å². The molecule has 0 bridgehead atoms. The van der Waals surface area contributed by atoms with Crippen LogP contribution in [0.2, 0.25) is 5.02 Å². The maximum atomic E-state index is 11.2. The van der Waals surface area contributed by atoms with Crippen molar-refractivity contribution in [3.63, 3.8) is 0 Å². The molecule has 0 saturated carbocycles. The second-order valence-electron chi connectivity index (χ2n) is 4.02. The van der Waals surface area contributed by atoms with E-state index in [2.05, 4.69) is 4.98 Å². The van der Waals surface area contributed by atoms with Gasteiger partial charge in [0, 0.05) is 16.1 Å². The number of benzene rings is 1. The standard InChI is InChI=1S/C13H13ClN2O2/c14-8-3-4-10-11(13(17)18)7-9(2-1-5-15)16-12(10)6-8/h3-4,6-7H,1-2,5,15H2,(H,17,18). The molecule has 1 heterocycles. The van der Waals surface area contributed by atoms with Crippen molar-refractivity contribution < 1.29 is 9.90 Å². The largest absolute Gasteiger partial charge is 0.478 e. The first-order valence-electron chi connectivity index (χ1n) is 5.64. The molecule has 2 aromatic rings. The van der Waals surface area contributed by atoms with E-state index in [-0.39, 0.29) is 5.56 Å². The first-order chi connectivity index (χ1) is 8.61. The highest BCUT2D eigenvalue weighted by Gasteiger charge is 2.11. The van der Waals surface area contributed by atoms with E-state index in [4.69, 9.17) is 17.3 Å². The fourth-order valence-electron chi connectivity index (χ4n) is 1.84. The lowest BCUT2D eigenvalue weighted by molar-refractivity contribution is 0.0699. The molecule has 1 aromatic carbocycles. The predicted octanol–water partition coefficient (Wildman–Crippen LogP) is 2.48. The van der Waals surface area contributed by atoms with Gasteiger partial charge in [0.15, 0.2) is 0 Å². The zero-order valence-electron chi connectivity index (χ0n) is 9.69. The summed E-state index contributed by atoms with van der Waals surface area (Å²) >= 11 is 5.90. The van der Waals surface area contributed by atoms with Crippen molar-refractivity contribution >= 4 is 28.5 Å². The van der Waals surface area contributed by atoms with Gasteiger partial charge in [0.1, 0.15) is 0 Å². The number of halogens is 1. The minimum absolute atomic E-state index is 0.253. The van der Waals surface area contributed by atoms with Gasteiger partial charge >= 0.3 is 5.97 Å². The molecule has 0 fully saturated rings. The number of carboxylic acid groups (broad SMARTS) is 1. The molecule has 0 spiro atoms. The number of carboxylic acids is 1. The lowest BCUT2D eigenvalue weighted by Crippen LogP contribution is -2.05. The highest BCUT2D eigenvalue weighted by molar-refractivity contribution is 6.31. The first kappa shape index (κ1) is 12.8. The number of aromatic carboxylic acids is 1. The van der Waals surface area contributed by atoms with Crippen LogP contribution in [-0.2, 0) is 6.42 Å². The van der Waals surface area contributed by atoms with E-state index in [1.807, 2.05) is 0 Å². The molecule has 3 N–H and O–H groups in total. The van der Waals surface area contributed by atoms with Crippen LogP contribution in [0.25, 0.3) is 10.9 Å². The van der Waals surface area contributed by atoms with E-state index >= 15 is 0 Å². The van der Waals surface area contributed by atoms with Gasteiger partial charge in [-0.2, -0.15) is 0 Å². The lowest BCUT2D eigenvalue weighted by Gasteiger charge is -2.06. The van der Waals surface area contributed by atoms with E-state index in [1.54, 1.807) is 24.3 Å². The molecule has 5 heteroatoms. The van der Waals surface area contributed by atoms with E-state index in [9.17, 15) is 9.90 Å². The molecule has 0 aliphatic heterocycles. The molecule has 94 valence electrons. The number of hydrogen-bond donors (Lipinski definition) is 2. The molecule has 0 saturated heterocycles. The van der Waals surface area contributed by atoms with Crippen molar-refractivity contribution in [2.75, 3.05) is 6.54 Å². The van der Waals surface area contributed by atoms with Gasteiger partial charge in [0.05, 0.1) is 11.1 Å². The Morgan fingerprint density at radius 2 is 2.17 bits per heavy atom. The number of nitrogens with two attached hydrogens (primary N) is 1. The van der Waals surface area contributed by atoms with Crippen LogP contribution in [-0.4, -0.2) is 22.6 Å². The Kier molecular flexibility index (Phi) is 3.79. The quantitative estimate of drug-likeness (QED) is 0.889. The third-order valence-electron chi connectivity index (χ3n) is 2.69. The van der Waals surface area contributed by atoms with Crippen LogP contribution in [0.15, 0.2) is 24.3 Å². The van der Waals surface area contributed by atoms with Crippen molar-refractivity contribution in [2.24, 2.45) is 5.73 Å². The summed E-state index contributed by atoms with van der Waals surface area (Å²) in [5.74, 6) is -0.960. The average molecular weight is 265 g/mol. The second-order valence-corrected chi connectivity index (χ2v) is 4.46. The molecule has 0 amide bonds. The van der Waals surface area contributed by atoms with Gasteiger partial charge < -0.3 is 10.8 Å². The molecule has 2 rings (SSSR count). The molecule has 0 aliphatic rings. The Morgan fingerprint density at radius 1 is 1.39 bits per heavy atom. The van der Waals surface area contributed by atoms with Crippen LogP contribution >= 0.6 is 11.6 Å². The topological polar surface area (TPSA) is 76.2 Å². The number of aromatic nitrogens is 1. The lowest BCUT2D eigenvalue weighted by atomic mass is 10.1. The Morgan fingerprint density at radius 3 is 2.83 bits per heavy atom. The number of aryl methyl sites for hydroxylation is 1. The summed E-state index contributed by atoms with van der Waals surface area (Å²) in [7, 11) is 0. The second kappa shape index (κ2) is 5.33. The van der Waals surface area contributed by atoms with Crippen molar-refractivity contribution in [1.29, 1.82) is 0 Å². The maximum Gasteiger partial charge on any atom is 0.336 e. The van der Waals surface area contributed by atoms with Crippen LogP contribution in [0, 0.1) is 0 Å². The fourth-order valence-corrected chi connectivity index (χ4v) is 2.01. The molecule has 0 atom stereocenters. The van der Waals surface area contributed by atoms with Crippen molar-refractivity contribution in [3.05, 3.63) is 40.5 Å². The minimum atomic E-state index is -0.960. The molecular weight excluding hydrogens is 252 g/mol. The van der Waals surface area contributed by atoms with Crippen molar-refractivity contribution in [3.8, 4) is 0 Å². The zero-order chi connectivity index (χ0) is 13.1. The Balaban J connectivity index is 2.59. The number of nitrogens with zero attached hydrogens (tertiary/aromatic N) is 1. The molecule has 0 unspecified atom stereocenters. The van der Waals surface area contributed by atoms with Gasteiger partial charge in [-0.1, -0.05) is 17.7 Å². The highest BCUT2D eigenvalue weighted by atomic mass is 35.5. The molecule has 18 heavy (non-hydrogen) atoms. The third-order valence-corrected chi connectivity index (χ3v) is 2.93. The van der Waals surface area contributed by atoms with Crippen LogP contribution in [0.1, 0.15) is 22.5 Å². The SMILES string of the molecule is NCCCc1cc(C(=O)O)c2ccc(Cl)cc2n1. The van der Waals surface area contributed by atoms with Gasteiger partial charge in [-0.3, -0.25) is 4.98 Å². The zero-order valence-corrected chi connectivity index (χ0v) is 10.4. The predicted molar refractivity (Wildman–Crippen MR) is 71.1 cm³/mol. The first-order valence-corrected chi connectivity index (χ1v) is 6.02. The number of rotatable bonds is 4. The van der Waals surface area contributed by atoms with Gasteiger partial charge in [0.25, 0.3) is 0 Å². The Labute approximate surface area is 109 Å². The summed E-state index contributed by atoms with van der Waals surface area (Å²) in [6.45, 7) is 0.553. The molecule has 4 nitrogen and oxygen atoms in total. The van der Waals surface area contributed by atoms with Gasteiger partial charge in [-0.25, -0.2) is 4.79 Å². The number of pyridine rings is 1. The summed E-state index contributed by atoms with van der Waals surface area (Å²) in [5.41, 5.74) is 7.03. The molecular formula is C13H13ClN2O2. The van der Waals surface area contributed by atoms with E-state index in [1.165, 1.54) is 0 Å². The Hall–Kier alpha value is -1.65. The van der Waals surface area contributed by atoms with Gasteiger partial charge in [0.2, 0.25) is 0 Å². The third kappa shape index (κ3) is 2.60. The van der Waals surface area contributed by atoms with Crippen LogP contribution in [0.3, 0.4) is 0 Å². The fraction of sp³-hybridized carbons (Fsp3) is 0.231. The van der Waals surface area contributed by atoms with E-state index in [0.717, 1.165) is 12.1 Å². The average Bonchev–Trinajstić information content (AvgIpc) is 2.34. The van der Waals surface area contributed by atoms with Crippen molar-refractivity contribution in [1.82, 2.24) is 4.98 Å². The summed E-state index contributed by atoms with van der Waals surface area (Å²) in [6.07, 6.45) is 1.44. The van der Waals surface area contributed by atoms with E-state index < -0.39 is 5.97 Å². The number of fused-ring (bicyclic) bond motifs is 1. The maximum absolute atomic E-state index is 11.2. The minimum Gasteiger partial charge on any atom is -0.478 e. The van der Waals surface area contributed by atoms with Crippen LogP contribution in [0.5, 0.6) is 0 Å². The summed E-state index contributed by atoms with van der Waals surface area (Å²) in [6, 6.07) is 6.63. The normalized spacial score (nSPS) is 10.8. The van der Waals surface area contributed by atoms with Gasteiger partial charge in [-0.15, -0.1) is 0 Å². The summed E-state index contributed by atoms with van der Waals surface area (Å²) in [4.78, 5) is 15.7. The molecule has 1 aromatic heterocycles. The monoisotopic (exact) mass is 264 g/mol. The Bertz CT molecular complexity index is 599. The van der Waals surface area contributed by atoms with Crippen LogP contribution in [0.4, 0.5) is 0 Å². The highest BCUT2D eigenvalue weighted by Crippen LogP contribution is 2.22. The number of hydrogen-bond acceptors (Lipinski definition) is 3. The summed E-state index contributed by atoms with van der Waals surface area (Å²) < 4.78 is 0. The molecule has 0 radical (unpaired) electrons. The summed E-state index contributed by atoms with van der Waals surface area (Å²) in [5, 5.41) is 10.4. The van der Waals surface area contributed by atoms with Crippen LogP contribution < -0.4 is 5.73 Å². The number of carbonyl (C=O) groups is 1. The molecule has 0 aliphatic carbocycles.